The highest BCUT2D eigenvalue weighted by Crippen LogP contribution is 2.11. The molecule has 6 heteroatoms. The Hall–Kier alpha value is -1.14. The summed E-state index contributed by atoms with van der Waals surface area (Å²) >= 11 is 0. The number of rotatable bonds is 5. The molecule has 6 nitrogen and oxygen atoms in total. The number of carbonyl (C=O) groups is 2. The molecule has 0 aliphatic carbocycles. The van der Waals surface area contributed by atoms with Crippen LogP contribution < -0.4 is 5.73 Å². The van der Waals surface area contributed by atoms with Gasteiger partial charge in [-0.25, -0.2) is 0 Å². The molecule has 1 saturated heterocycles. The minimum absolute atomic E-state index is 0.248. The molecular formula is C11H20N2O4. The Morgan fingerprint density at radius 2 is 2.29 bits per heavy atom. The second-order valence-electron chi connectivity index (χ2n) is 4.14. The largest absolute Gasteiger partial charge is 0.466 e. The molecule has 1 fully saturated rings. The number of nitrogens with two attached hydrogens (primary N) is 1. The van der Waals surface area contributed by atoms with E-state index in [0.29, 0.717) is 32.9 Å². The number of morpholine rings is 1. The molecule has 0 aromatic carbocycles. The first-order chi connectivity index (χ1) is 8.06. The van der Waals surface area contributed by atoms with Crippen molar-refractivity contribution in [2.45, 2.75) is 19.9 Å². The van der Waals surface area contributed by atoms with Crippen LogP contribution in [0.2, 0.25) is 0 Å². The molecule has 17 heavy (non-hydrogen) atoms. The summed E-state index contributed by atoms with van der Waals surface area (Å²) < 4.78 is 10.1. The van der Waals surface area contributed by atoms with E-state index in [4.69, 9.17) is 15.2 Å². The zero-order valence-corrected chi connectivity index (χ0v) is 10.3. The van der Waals surface area contributed by atoms with Crippen molar-refractivity contribution in [3.63, 3.8) is 0 Å². The van der Waals surface area contributed by atoms with Gasteiger partial charge in [-0.1, -0.05) is 6.92 Å². The molecule has 0 saturated carbocycles. The Kier molecular flexibility index (Phi) is 5.37. The summed E-state index contributed by atoms with van der Waals surface area (Å²) in [6.07, 6.45) is 0. The van der Waals surface area contributed by atoms with E-state index in [1.807, 2.05) is 4.90 Å². The molecule has 0 bridgehead atoms. The third-order valence-electron chi connectivity index (χ3n) is 2.77. The molecule has 1 aliphatic rings. The Balaban J connectivity index is 2.52. The predicted molar refractivity (Wildman–Crippen MR) is 61.2 cm³/mol. The average molecular weight is 244 g/mol. The standard InChI is InChI=1S/C11H20N2O4/c1-3-17-11(15)8(2)6-13-4-5-16-7-9(13)10(12)14/h8-9H,3-7H2,1-2H3,(H2,12,14). The fourth-order valence-electron chi connectivity index (χ4n) is 1.83. The lowest BCUT2D eigenvalue weighted by atomic mass is 10.1. The molecule has 98 valence electrons. The van der Waals surface area contributed by atoms with Gasteiger partial charge in [-0.2, -0.15) is 0 Å². The number of ether oxygens (including phenoxy) is 2. The third-order valence-corrected chi connectivity index (χ3v) is 2.77. The Morgan fingerprint density at radius 3 is 2.88 bits per heavy atom. The van der Waals surface area contributed by atoms with E-state index in [9.17, 15) is 9.59 Å². The Labute approximate surface area is 101 Å². The summed E-state index contributed by atoms with van der Waals surface area (Å²) in [4.78, 5) is 24.6. The Bertz CT molecular complexity index is 283. The van der Waals surface area contributed by atoms with Crippen LogP contribution in [-0.2, 0) is 19.1 Å². The smallest absolute Gasteiger partial charge is 0.309 e. The molecule has 2 atom stereocenters. The van der Waals surface area contributed by atoms with E-state index >= 15 is 0 Å². The average Bonchev–Trinajstić information content (AvgIpc) is 2.29. The zero-order chi connectivity index (χ0) is 12.8. The minimum atomic E-state index is -0.444. The van der Waals surface area contributed by atoms with Crippen molar-refractivity contribution in [3.05, 3.63) is 0 Å². The van der Waals surface area contributed by atoms with Crippen molar-refractivity contribution < 1.29 is 19.1 Å². The van der Waals surface area contributed by atoms with Gasteiger partial charge in [0.1, 0.15) is 6.04 Å². The van der Waals surface area contributed by atoms with Gasteiger partial charge in [0.25, 0.3) is 0 Å². The lowest BCUT2D eigenvalue weighted by molar-refractivity contribution is -0.150. The molecule has 0 aromatic heterocycles. The van der Waals surface area contributed by atoms with Crippen LogP contribution in [0.1, 0.15) is 13.8 Å². The highest BCUT2D eigenvalue weighted by molar-refractivity contribution is 5.80. The third kappa shape index (κ3) is 3.98. The molecule has 2 N–H and O–H groups in total. The van der Waals surface area contributed by atoms with Crippen molar-refractivity contribution in [2.75, 3.05) is 32.9 Å². The molecule has 1 heterocycles. The molecule has 0 spiro atoms. The van der Waals surface area contributed by atoms with Crippen LogP contribution in [0.3, 0.4) is 0 Å². The lowest BCUT2D eigenvalue weighted by Gasteiger charge is -2.34. The summed E-state index contributed by atoms with van der Waals surface area (Å²) in [6.45, 7) is 5.85. The maximum Gasteiger partial charge on any atom is 0.309 e. The van der Waals surface area contributed by atoms with E-state index in [2.05, 4.69) is 0 Å². The second kappa shape index (κ2) is 6.56. The number of esters is 1. The molecular weight excluding hydrogens is 224 g/mol. The first-order valence-electron chi connectivity index (χ1n) is 5.84. The van der Waals surface area contributed by atoms with Crippen LogP contribution in [0.15, 0.2) is 0 Å². The fraction of sp³-hybridized carbons (Fsp3) is 0.818. The highest BCUT2D eigenvalue weighted by Gasteiger charge is 2.30. The molecule has 1 amide bonds. The van der Waals surface area contributed by atoms with Crippen molar-refractivity contribution in [3.8, 4) is 0 Å². The van der Waals surface area contributed by atoms with Gasteiger partial charge in [-0.05, 0) is 6.92 Å². The number of primary amides is 1. The lowest BCUT2D eigenvalue weighted by Crippen LogP contribution is -2.54. The van der Waals surface area contributed by atoms with Crippen molar-refractivity contribution in [1.29, 1.82) is 0 Å². The van der Waals surface area contributed by atoms with Crippen LogP contribution in [0.25, 0.3) is 0 Å². The van der Waals surface area contributed by atoms with Crippen LogP contribution in [-0.4, -0.2) is 55.7 Å². The van der Waals surface area contributed by atoms with Crippen LogP contribution in [0.5, 0.6) is 0 Å². The summed E-state index contributed by atoms with van der Waals surface area (Å²) in [5.74, 6) is -0.933. The number of amides is 1. The normalized spacial score (nSPS) is 23.1. The minimum Gasteiger partial charge on any atom is -0.466 e. The van der Waals surface area contributed by atoms with Gasteiger partial charge in [0.05, 0.1) is 25.7 Å². The summed E-state index contributed by atoms with van der Waals surface area (Å²) in [5, 5.41) is 0. The van der Waals surface area contributed by atoms with Crippen molar-refractivity contribution in [1.82, 2.24) is 4.90 Å². The Morgan fingerprint density at radius 1 is 1.59 bits per heavy atom. The first kappa shape index (κ1) is 13.9. The first-order valence-corrected chi connectivity index (χ1v) is 5.84. The molecule has 1 aliphatic heterocycles. The number of nitrogens with zero attached hydrogens (tertiary/aromatic N) is 1. The number of carbonyl (C=O) groups excluding carboxylic acids is 2. The van der Waals surface area contributed by atoms with Gasteiger partial charge < -0.3 is 15.2 Å². The SMILES string of the molecule is CCOC(=O)C(C)CN1CCOCC1C(N)=O. The van der Waals surface area contributed by atoms with Gasteiger partial charge in [0, 0.05) is 13.1 Å². The van der Waals surface area contributed by atoms with Crippen molar-refractivity contribution in [2.24, 2.45) is 11.7 Å². The van der Waals surface area contributed by atoms with Crippen LogP contribution in [0, 0.1) is 5.92 Å². The quantitative estimate of drug-likeness (QED) is 0.651. The van der Waals surface area contributed by atoms with Gasteiger partial charge in [0.2, 0.25) is 5.91 Å². The van der Waals surface area contributed by atoms with E-state index in [1.54, 1.807) is 13.8 Å². The van der Waals surface area contributed by atoms with E-state index < -0.39 is 11.9 Å². The van der Waals surface area contributed by atoms with Gasteiger partial charge in [0.15, 0.2) is 0 Å². The number of hydrogen-bond donors (Lipinski definition) is 1. The maximum atomic E-state index is 11.5. The second-order valence-corrected chi connectivity index (χ2v) is 4.14. The summed E-state index contributed by atoms with van der Waals surface area (Å²) in [7, 11) is 0. The van der Waals surface area contributed by atoms with E-state index in [-0.39, 0.29) is 11.9 Å². The predicted octanol–water partition coefficient (Wildman–Crippen LogP) is -0.628. The summed E-state index contributed by atoms with van der Waals surface area (Å²) in [5.41, 5.74) is 5.29. The van der Waals surface area contributed by atoms with E-state index in [0.717, 1.165) is 0 Å². The molecule has 2 unspecified atom stereocenters. The van der Waals surface area contributed by atoms with E-state index in [1.165, 1.54) is 0 Å². The highest BCUT2D eigenvalue weighted by atomic mass is 16.5. The molecule has 0 aromatic rings. The monoisotopic (exact) mass is 244 g/mol. The fourth-order valence-corrected chi connectivity index (χ4v) is 1.83. The molecule has 1 rings (SSSR count). The summed E-state index contributed by atoms with van der Waals surface area (Å²) in [6, 6.07) is -0.444. The zero-order valence-electron chi connectivity index (χ0n) is 10.3. The van der Waals surface area contributed by atoms with Gasteiger partial charge in [-0.3, -0.25) is 14.5 Å². The van der Waals surface area contributed by atoms with Crippen LogP contribution in [0.4, 0.5) is 0 Å². The number of hydrogen-bond acceptors (Lipinski definition) is 5. The topological polar surface area (TPSA) is 81.9 Å². The van der Waals surface area contributed by atoms with Crippen molar-refractivity contribution >= 4 is 11.9 Å². The van der Waals surface area contributed by atoms with Gasteiger partial charge >= 0.3 is 5.97 Å². The van der Waals surface area contributed by atoms with Gasteiger partial charge in [-0.15, -0.1) is 0 Å². The molecule has 0 radical (unpaired) electrons. The maximum absolute atomic E-state index is 11.5. The van der Waals surface area contributed by atoms with Crippen LogP contribution >= 0.6 is 0 Å².